The van der Waals surface area contributed by atoms with E-state index in [1.165, 1.54) is 13.5 Å². The quantitative estimate of drug-likeness (QED) is 0.728. The topological polar surface area (TPSA) is 58.6 Å². The van der Waals surface area contributed by atoms with E-state index in [1.54, 1.807) is 0 Å². The highest BCUT2D eigenvalue weighted by Crippen LogP contribution is 2.22. The van der Waals surface area contributed by atoms with Crippen LogP contribution in [0.25, 0.3) is 0 Å². The Bertz CT molecular complexity index is 344. The number of esters is 1. The van der Waals surface area contributed by atoms with Crippen molar-refractivity contribution in [3.8, 4) is 0 Å². The van der Waals surface area contributed by atoms with Gasteiger partial charge in [0.15, 0.2) is 0 Å². The van der Waals surface area contributed by atoms with Crippen LogP contribution < -0.4 is 5.32 Å². The SMILES string of the molecule is CCCC1CC(NC(=O)C(C)C)CN(CCC(=O)OC)C1. The fourth-order valence-corrected chi connectivity index (χ4v) is 2.93. The van der Waals surface area contributed by atoms with E-state index in [9.17, 15) is 9.59 Å². The first kappa shape index (κ1) is 18.0. The number of rotatable bonds is 7. The molecule has 5 heteroatoms. The van der Waals surface area contributed by atoms with Crippen LogP contribution in [-0.4, -0.2) is 49.6 Å². The van der Waals surface area contributed by atoms with Gasteiger partial charge >= 0.3 is 5.97 Å². The standard InChI is InChI=1S/C16H30N2O3/c1-5-6-13-9-14(17-16(20)12(2)3)11-18(10-13)8-7-15(19)21-4/h12-14H,5-11H2,1-4H3,(H,17,20). The molecule has 0 saturated carbocycles. The third-order valence-corrected chi connectivity index (χ3v) is 4.04. The number of piperidine rings is 1. The smallest absolute Gasteiger partial charge is 0.306 e. The van der Waals surface area contributed by atoms with E-state index in [2.05, 4.69) is 17.1 Å². The molecule has 1 heterocycles. The fraction of sp³-hybridized carbons (Fsp3) is 0.875. The van der Waals surface area contributed by atoms with Gasteiger partial charge in [-0.1, -0.05) is 27.2 Å². The van der Waals surface area contributed by atoms with Crippen LogP contribution >= 0.6 is 0 Å². The second-order valence-corrected chi connectivity index (χ2v) is 6.34. The van der Waals surface area contributed by atoms with Gasteiger partial charge < -0.3 is 15.0 Å². The summed E-state index contributed by atoms with van der Waals surface area (Å²) in [7, 11) is 1.42. The van der Waals surface area contributed by atoms with Gasteiger partial charge in [0.25, 0.3) is 0 Å². The number of ether oxygens (including phenoxy) is 1. The molecule has 1 rings (SSSR count). The van der Waals surface area contributed by atoms with Crippen LogP contribution in [0.2, 0.25) is 0 Å². The molecule has 21 heavy (non-hydrogen) atoms. The first-order valence-electron chi connectivity index (χ1n) is 8.05. The van der Waals surface area contributed by atoms with Crippen LogP contribution in [0.1, 0.15) is 46.5 Å². The summed E-state index contributed by atoms with van der Waals surface area (Å²) in [5.74, 6) is 0.555. The number of amides is 1. The highest BCUT2D eigenvalue weighted by molar-refractivity contribution is 5.78. The molecule has 2 unspecified atom stereocenters. The summed E-state index contributed by atoms with van der Waals surface area (Å²) in [6, 6.07) is 0.197. The zero-order valence-electron chi connectivity index (χ0n) is 13.9. The molecular weight excluding hydrogens is 268 g/mol. The van der Waals surface area contributed by atoms with Crippen molar-refractivity contribution in [2.45, 2.75) is 52.5 Å². The lowest BCUT2D eigenvalue weighted by molar-refractivity contribution is -0.141. The largest absolute Gasteiger partial charge is 0.469 e. The second-order valence-electron chi connectivity index (χ2n) is 6.34. The van der Waals surface area contributed by atoms with E-state index in [0.29, 0.717) is 18.9 Å². The summed E-state index contributed by atoms with van der Waals surface area (Å²) in [5, 5.41) is 3.14. The molecule has 1 saturated heterocycles. The molecule has 0 aliphatic carbocycles. The molecule has 1 aliphatic heterocycles. The highest BCUT2D eigenvalue weighted by Gasteiger charge is 2.28. The average molecular weight is 298 g/mol. The van der Waals surface area contributed by atoms with Crippen molar-refractivity contribution in [2.24, 2.45) is 11.8 Å². The van der Waals surface area contributed by atoms with Crippen molar-refractivity contribution in [3.05, 3.63) is 0 Å². The average Bonchev–Trinajstić information content (AvgIpc) is 2.44. The Morgan fingerprint density at radius 3 is 2.62 bits per heavy atom. The Hall–Kier alpha value is -1.10. The molecule has 1 N–H and O–H groups in total. The van der Waals surface area contributed by atoms with Crippen LogP contribution in [0.15, 0.2) is 0 Å². The minimum atomic E-state index is -0.171. The molecule has 2 atom stereocenters. The monoisotopic (exact) mass is 298 g/mol. The summed E-state index contributed by atoms with van der Waals surface area (Å²) in [5.41, 5.74) is 0. The molecule has 1 fully saturated rings. The molecule has 0 aromatic heterocycles. The van der Waals surface area contributed by atoms with E-state index >= 15 is 0 Å². The van der Waals surface area contributed by atoms with E-state index < -0.39 is 0 Å². The van der Waals surface area contributed by atoms with Crippen molar-refractivity contribution in [1.82, 2.24) is 10.2 Å². The third-order valence-electron chi connectivity index (χ3n) is 4.04. The van der Waals surface area contributed by atoms with Crippen molar-refractivity contribution >= 4 is 11.9 Å². The van der Waals surface area contributed by atoms with Gasteiger partial charge in [0, 0.05) is 31.6 Å². The summed E-state index contributed by atoms with van der Waals surface area (Å²) in [6.45, 7) is 8.57. The Balaban J connectivity index is 2.55. The summed E-state index contributed by atoms with van der Waals surface area (Å²) >= 11 is 0. The molecular formula is C16H30N2O3. The third kappa shape index (κ3) is 6.46. The molecule has 0 bridgehead atoms. The first-order valence-corrected chi connectivity index (χ1v) is 8.05. The number of hydrogen-bond donors (Lipinski definition) is 1. The number of carbonyl (C=O) groups excluding carboxylic acids is 2. The molecule has 1 amide bonds. The van der Waals surface area contributed by atoms with Crippen molar-refractivity contribution in [3.63, 3.8) is 0 Å². The molecule has 122 valence electrons. The number of hydrogen-bond acceptors (Lipinski definition) is 4. The van der Waals surface area contributed by atoms with Gasteiger partial charge in [0.1, 0.15) is 0 Å². The van der Waals surface area contributed by atoms with Crippen LogP contribution in [0.4, 0.5) is 0 Å². The van der Waals surface area contributed by atoms with Gasteiger partial charge in [-0.25, -0.2) is 0 Å². The van der Waals surface area contributed by atoms with Gasteiger partial charge in [-0.05, 0) is 18.8 Å². The minimum absolute atomic E-state index is 0.0140. The maximum Gasteiger partial charge on any atom is 0.306 e. The van der Waals surface area contributed by atoms with Gasteiger partial charge in [-0.15, -0.1) is 0 Å². The number of methoxy groups -OCH3 is 1. The number of nitrogens with zero attached hydrogens (tertiary/aromatic N) is 1. The maximum atomic E-state index is 11.9. The first-order chi connectivity index (χ1) is 9.96. The zero-order chi connectivity index (χ0) is 15.8. The lowest BCUT2D eigenvalue weighted by Gasteiger charge is -2.38. The van der Waals surface area contributed by atoms with Crippen molar-refractivity contribution in [1.29, 1.82) is 0 Å². The fourth-order valence-electron chi connectivity index (χ4n) is 2.93. The van der Waals surface area contributed by atoms with Crippen molar-refractivity contribution in [2.75, 3.05) is 26.7 Å². The lowest BCUT2D eigenvalue weighted by atomic mass is 9.90. The molecule has 0 radical (unpaired) electrons. The van der Waals surface area contributed by atoms with Crippen LogP contribution in [0.3, 0.4) is 0 Å². The number of nitrogens with one attached hydrogen (secondary N) is 1. The number of likely N-dealkylation sites (tertiary alicyclic amines) is 1. The van der Waals surface area contributed by atoms with Crippen LogP contribution in [0.5, 0.6) is 0 Å². The van der Waals surface area contributed by atoms with E-state index in [1.807, 2.05) is 13.8 Å². The highest BCUT2D eigenvalue weighted by atomic mass is 16.5. The Morgan fingerprint density at radius 1 is 1.33 bits per heavy atom. The molecule has 0 spiro atoms. The predicted octanol–water partition coefficient (Wildman–Crippen LogP) is 1.81. The van der Waals surface area contributed by atoms with Crippen LogP contribution in [-0.2, 0) is 14.3 Å². The van der Waals surface area contributed by atoms with Gasteiger partial charge in [-0.3, -0.25) is 9.59 Å². The van der Waals surface area contributed by atoms with Crippen LogP contribution in [0, 0.1) is 11.8 Å². The van der Waals surface area contributed by atoms with E-state index in [4.69, 9.17) is 4.74 Å². The summed E-state index contributed by atoms with van der Waals surface area (Å²) < 4.78 is 4.70. The van der Waals surface area contributed by atoms with Crippen molar-refractivity contribution < 1.29 is 14.3 Å². The normalized spacial score (nSPS) is 23.1. The van der Waals surface area contributed by atoms with Gasteiger partial charge in [-0.2, -0.15) is 0 Å². The predicted molar refractivity (Wildman–Crippen MR) is 82.9 cm³/mol. The maximum absolute atomic E-state index is 11.9. The van der Waals surface area contributed by atoms with Gasteiger partial charge in [0.2, 0.25) is 5.91 Å². The Kier molecular flexibility index (Phi) is 7.72. The zero-order valence-corrected chi connectivity index (χ0v) is 13.9. The summed E-state index contributed by atoms with van der Waals surface area (Å²) in [6.07, 6.45) is 3.78. The minimum Gasteiger partial charge on any atom is -0.469 e. The number of carbonyl (C=O) groups is 2. The lowest BCUT2D eigenvalue weighted by Crippen LogP contribution is -2.51. The van der Waals surface area contributed by atoms with E-state index in [0.717, 1.165) is 25.9 Å². The van der Waals surface area contributed by atoms with E-state index in [-0.39, 0.29) is 23.8 Å². The molecule has 0 aromatic carbocycles. The van der Waals surface area contributed by atoms with Gasteiger partial charge in [0.05, 0.1) is 13.5 Å². The Morgan fingerprint density at radius 2 is 2.05 bits per heavy atom. The molecule has 5 nitrogen and oxygen atoms in total. The molecule has 1 aliphatic rings. The summed E-state index contributed by atoms with van der Waals surface area (Å²) in [4.78, 5) is 25.5. The second kappa shape index (κ2) is 9.03. The Labute approximate surface area is 128 Å². The molecule has 0 aromatic rings.